The molecule has 1 heterocycles. The fourth-order valence-electron chi connectivity index (χ4n) is 2.75. The third kappa shape index (κ3) is 4.41. The van der Waals surface area contributed by atoms with Crippen LogP contribution in [-0.2, 0) is 6.54 Å². The van der Waals surface area contributed by atoms with Crippen LogP contribution in [0.15, 0.2) is 53.6 Å². The zero-order valence-electron chi connectivity index (χ0n) is 15.6. The van der Waals surface area contributed by atoms with E-state index in [4.69, 9.17) is 0 Å². The lowest BCUT2D eigenvalue weighted by molar-refractivity contribution is 0.0955. The maximum Gasteiger partial charge on any atom is 0.271 e. The number of benzene rings is 2. The van der Waals surface area contributed by atoms with Crippen molar-refractivity contribution in [3.8, 4) is 5.75 Å². The van der Waals surface area contributed by atoms with Gasteiger partial charge in [-0.2, -0.15) is 10.2 Å². The Hall–Kier alpha value is -3.41. The van der Waals surface area contributed by atoms with Gasteiger partial charge in [-0.05, 0) is 50.6 Å². The van der Waals surface area contributed by atoms with E-state index in [0.29, 0.717) is 12.1 Å². The minimum atomic E-state index is -0.339. The number of rotatable bonds is 5. The highest BCUT2D eigenvalue weighted by Crippen LogP contribution is 2.14. The van der Waals surface area contributed by atoms with Crippen LogP contribution < -0.4 is 5.43 Å². The summed E-state index contributed by atoms with van der Waals surface area (Å²) >= 11 is 0. The molecule has 3 aromatic rings. The number of phenols is 1. The van der Waals surface area contributed by atoms with Crippen molar-refractivity contribution in [2.24, 2.45) is 5.10 Å². The zero-order chi connectivity index (χ0) is 19.4. The summed E-state index contributed by atoms with van der Waals surface area (Å²) in [6.45, 7) is 6.65. The molecule has 0 radical (unpaired) electrons. The first-order valence-electron chi connectivity index (χ1n) is 8.66. The average Bonchev–Trinajstić information content (AvgIpc) is 2.91. The molecule has 0 spiro atoms. The summed E-state index contributed by atoms with van der Waals surface area (Å²) in [6.07, 6.45) is 1.61. The second-order valence-electron chi connectivity index (χ2n) is 6.47. The van der Waals surface area contributed by atoms with E-state index in [2.05, 4.69) is 46.8 Å². The van der Waals surface area contributed by atoms with Gasteiger partial charge in [-0.1, -0.05) is 29.8 Å². The molecule has 0 saturated heterocycles. The molecule has 0 fully saturated rings. The predicted molar refractivity (Wildman–Crippen MR) is 105 cm³/mol. The first-order valence-corrected chi connectivity index (χ1v) is 8.66. The van der Waals surface area contributed by atoms with Gasteiger partial charge in [0.2, 0.25) is 0 Å². The second-order valence-corrected chi connectivity index (χ2v) is 6.47. The molecule has 0 aliphatic carbocycles. The Balaban J connectivity index is 1.70. The summed E-state index contributed by atoms with van der Waals surface area (Å²) in [5.74, 6) is -0.226. The number of aromatic nitrogens is 2. The van der Waals surface area contributed by atoms with Crippen molar-refractivity contribution in [1.82, 2.24) is 15.2 Å². The molecule has 6 nitrogen and oxygen atoms in total. The summed E-state index contributed by atoms with van der Waals surface area (Å²) in [7, 11) is 0. The number of carbonyl (C=O) groups is 1. The maximum absolute atomic E-state index is 12.1. The first-order chi connectivity index (χ1) is 12.9. The van der Waals surface area contributed by atoms with E-state index < -0.39 is 0 Å². The van der Waals surface area contributed by atoms with E-state index in [1.165, 1.54) is 35.4 Å². The number of nitrogens with one attached hydrogen (secondary N) is 1. The minimum Gasteiger partial charge on any atom is -0.508 e. The average molecular weight is 362 g/mol. The van der Waals surface area contributed by atoms with E-state index in [1.54, 1.807) is 6.21 Å². The predicted octanol–water partition coefficient (Wildman–Crippen LogP) is 3.33. The summed E-state index contributed by atoms with van der Waals surface area (Å²) < 4.78 is 1.93. The molecule has 1 amide bonds. The van der Waals surface area contributed by atoms with Gasteiger partial charge in [0.1, 0.15) is 5.75 Å². The van der Waals surface area contributed by atoms with Gasteiger partial charge >= 0.3 is 0 Å². The van der Waals surface area contributed by atoms with Crippen molar-refractivity contribution in [3.05, 3.63) is 82.2 Å². The number of hydrogen-bond donors (Lipinski definition) is 2. The molecule has 0 aliphatic rings. The van der Waals surface area contributed by atoms with Crippen LogP contribution in [-0.4, -0.2) is 27.0 Å². The van der Waals surface area contributed by atoms with Crippen molar-refractivity contribution in [3.63, 3.8) is 0 Å². The van der Waals surface area contributed by atoms with Crippen molar-refractivity contribution in [2.45, 2.75) is 27.3 Å². The molecule has 138 valence electrons. The summed E-state index contributed by atoms with van der Waals surface area (Å²) in [4.78, 5) is 12.1. The lowest BCUT2D eigenvalue weighted by Gasteiger charge is -2.05. The number of aryl methyl sites for hydroxylation is 2. The smallest absolute Gasteiger partial charge is 0.271 e. The number of phenolic OH excluding ortho intramolecular Hbond substituents is 1. The third-order valence-corrected chi connectivity index (χ3v) is 4.38. The lowest BCUT2D eigenvalue weighted by Crippen LogP contribution is -2.17. The lowest BCUT2D eigenvalue weighted by atomic mass is 10.1. The highest BCUT2D eigenvalue weighted by molar-refractivity contribution is 5.95. The van der Waals surface area contributed by atoms with Gasteiger partial charge < -0.3 is 5.11 Å². The Bertz CT molecular complexity index is 971. The van der Waals surface area contributed by atoms with Crippen LogP contribution >= 0.6 is 0 Å². The second kappa shape index (κ2) is 7.86. The Labute approximate surface area is 158 Å². The van der Waals surface area contributed by atoms with Crippen LogP contribution in [0.4, 0.5) is 0 Å². The highest BCUT2D eigenvalue weighted by atomic mass is 16.3. The normalized spacial score (nSPS) is 11.1. The number of hydrazone groups is 1. The number of nitrogens with zero attached hydrogens (tertiary/aromatic N) is 3. The van der Waals surface area contributed by atoms with Crippen LogP contribution in [0, 0.1) is 20.8 Å². The highest BCUT2D eigenvalue weighted by Gasteiger charge is 2.10. The van der Waals surface area contributed by atoms with Gasteiger partial charge in [0.05, 0.1) is 18.5 Å². The zero-order valence-corrected chi connectivity index (χ0v) is 15.6. The third-order valence-electron chi connectivity index (χ3n) is 4.38. The largest absolute Gasteiger partial charge is 0.508 e. The standard InChI is InChI=1S/C21H22N4O2/c1-14-4-6-17(7-5-14)13-25-16(3)20(15(2)24-25)12-22-23-21(27)18-8-10-19(26)11-9-18/h4-12,26H,13H2,1-3H3,(H,23,27)/b22-12-. The van der Waals surface area contributed by atoms with E-state index in [0.717, 1.165) is 17.0 Å². The van der Waals surface area contributed by atoms with Gasteiger partial charge in [-0.25, -0.2) is 5.43 Å². The summed E-state index contributed by atoms with van der Waals surface area (Å²) in [5.41, 5.74) is 8.04. The Morgan fingerprint density at radius 2 is 1.78 bits per heavy atom. The fourth-order valence-corrected chi connectivity index (χ4v) is 2.75. The Kier molecular flexibility index (Phi) is 5.35. The van der Waals surface area contributed by atoms with E-state index in [9.17, 15) is 9.90 Å². The molecule has 3 rings (SSSR count). The van der Waals surface area contributed by atoms with Crippen LogP contribution in [0.25, 0.3) is 0 Å². The van der Waals surface area contributed by atoms with E-state index in [-0.39, 0.29) is 11.7 Å². The number of hydrogen-bond acceptors (Lipinski definition) is 4. The molecule has 1 aromatic heterocycles. The Morgan fingerprint density at radius 3 is 2.44 bits per heavy atom. The quantitative estimate of drug-likeness (QED) is 0.540. The van der Waals surface area contributed by atoms with Crippen molar-refractivity contribution < 1.29 is 9.90 Å². The van der Waals surface area contributed by atoms with Gasteiger partial charge in [0.25, 0.3) is 5.91 Å². The molecule has 0 aliphatic heterocycles. The van der Waals surface area contributed by atoms with Gasteiger partial charge in [0, 0.05) is 16.8 Å². The number of carbonyl (C=O) groups excluding carboxylic acids is 1. The molecule has 0 atom stereocenters. The van der Waals surface area contributed by atoms with Gasteiger partial charge in [0.15, 0.2) is 0 Å². The van der Waals surface area contributed by atoms with Gasteiger partial charge in [-0.3, -0.25) is 9.48 Å². The molecular weight excluding hydrogens is 340 g/mol. The van der Waals surface area contributed by atoms with E-state index >= 15 is 0 Å². The Morgan fingerprint density at radius 1 is 1.11 bits per heavy atom. The molecule has 2 N–H and O–H groups in total. The molecule has 0 saturated carbocycles. The number of aromatic hydroxyl groups is 1. The van der Waals surface area contributed by atoms with Crippen molar-refractivity contribution in [1.29, 1.82) is 0 Å². The first kappa shape index (κ1) is 18.4. The maximum atomic E-state index is 12.1. The van der Waals surface area contributed by atoms with Crippen LogP contribution in [0.3, 0.4) is 0 Å². The molecule has 0 bridgehead atoms. The van der Waals surface area contributed by atoms with Crippen LogP contribution in [0.5, 0.6) is 5.75 Å². The topological polar surface area (TPSA) is 79.5 Å². The van der Waals surface area contributed by atoms with E-state index in [1.807, 2.05) is 18.5 Å². The van der Waals surface area contributed by atoms with Crippen molar-refractivity contribution in [2.75, 3.05) is 0 Å². The molecule has 6 heteroatoms. The molecule has 0 unspecified atom stereocenters. The monoisotopic (exact) mass is 362 g/mol. The van der Waals surface area contributed by atoms with Gasteiger partial charge in [-0.15, -0.1) is 0 Å². The SMILES string of the molecule is Cc1ccc(Cn2nc(C)c(/C=N\NC(=O)c3ccc(O)cc3)c2C)cc1. The molecular formula is C21H22N4O2. The minimum absolute atomic E-state index is 0.113. The molecule has 2 aromatic carbocycles. The van der Waals surface area contributed by atoms with Crippen LogP contribution in [0.2, 0.25) is 0 Å². The molecule has 27 heavy (non-hydrogen) atoms. The summed E-state index contributed by atoms with van der Waals surface area (Å²) in [6, 6.07) is 14.4. The number of amides is 1. The van der Waals surface area contributed by atoms with Crippen LogP contribution in [0.1, 0.15) is 38.4 Å². The summed E-state index contributed by atoms with van der Waals surface area (Å²) in [5, 5.41) is 17.9. The fraction of sp³-hybridized carbons (Fsp3) is 0.190. The van der Waals surface area contributed by atoms with Crippen molar-refractivity contribution >= 4 is 12.1 Å².